The molecular weight excluding hydrogens is 342 g/mol. The van der Waals surface area contributed by atoms with E-state index in [4.69, 9.17) is 10.00 Å². The SMILES string of the molecule is COc1ccccc1CCNC(=O)C1CC(=O)N(c2ccc(C#N)cc2)C1. The number of nitrogens with one attached hydrogen (secondary N) is 1. The van der Waals surface area contributed by atoms with Crippen LogP contribution in [0.3, 0.4) is 0 Å². The van der Waals surface area contributed by atoms with Crippen molar-refractivity contribution in [3.8, 4) is 11.8 Å². The predicted molar refractivity (Wildman–Crippen MR) is 101 cm³/mol. The Labute approximate surface area is 158 Å². The lowest BCUT2D eigenvalue weighted by atomic mass is 10.1. The second-order valence-corrected chi connectivity index (χ2v) is 6.42. The van der Waals surface area contributed by atoms with E-state index in [0.29, 0.717) is 30.8 Å². The van der Waals surface area contributed by atoms with E-state index < -0.39 is 0 Å². The third kappa shape index (κ3) is 4.26. The zero-order chi connectivity index (χ0) is 19.2. The molecule has 2 aromatic rings. The summed E-state index contributed by atoms with van der Waals surface area (Å²) in [7, 11) is 1.62. The number of anilines is 1. The van der Waals surface area contributed by atoms with Gasteiger partial charge >= 0.3 is 0 Å². The number of amides is 2. The molecular formula is C21H21N3O3. The van der Waals surface area contributed by atoms with Crippen molar-refractivity contribution in [2.75, 3.05) is 25.1 Å². The predicted octanol–water partition coefficient (Wildman–Crippen LogP) is 2.28. The van der Waals surface area contributed by atoms with Crippen molar-refractivity contribution in [1.29, 1.82) is 5.26 Å². The number of methoxy groups -OCH3 is 1. The average Bonchev–Trinajstić information content (AvgIpc) is 3.10. The number of hydrogen-bond acceptors (Lipinski definition) is 4. The van der Waals surface area contributed by atoms with Gasteiger partial charge in [0.2, 0.25) is 11.8 Å². The number of ether oxygens (including phenoxy) is 1. The monoisotopic (exact) mass is 363 g/mol. The molecule has 0 spiro atoms. The first-order valence-electron chi connectivity index (χ1n) is 8.82. The van der Waals surface area contributed by atoms with Gasteiger partial charge in [0.25, 0.3) is 0 Å². The number of para-hydroxylation sites is 1. The molecule has 27 heavy (non-hydrogen) atoms. The first-order valence-corrected chi connectivity index (χ1v) is 8.82. The Morgan fingerprint density at radius 3 is 2.70 bits per heavy atom. The smallest absolute Gasteiger partial charge is 0.227 e. The molecule has 2 amide bonds. The molecule has 3 rings (SSSR count). The molecule has 0 aliphatic carbocycles. The summed E-state index contributed by atoms with van der Waals surface area (Å²) in [5, 5.41) is 11.8. The lowest BCUT2D eigenvalue weighted by Gasteiger charge is -2.17. The van der Waals surface area contributed by atoms with Gasteiger partial charge in [-0.3, -0.25) is 9.59 Å². The van der Waals surface area contributed by atoms with Crippen molar-refractivity contribution in [1.82, 2.24) is 5.32 Å². The summed E-state index contributed by atoms with van der Waals surface area (Å²) >= 11 is 0. The molecule has 6 nitrogen and oxygen atoms in total. The number of carbonyl (C=O) groups is 2. The van der Waals surface area contributed by atoms with Crippen LogP contribution in [0.5, 0.6) is 5.75 Å². The third-order valence-electron chi connectivity index (χ3n) is 4.69. The molecule has 0 saturated carbocycles. The van der Waals surface area contributed by atoms with E-state index in [1.165, 1.54) is 0 Å². The number of carbonyl (C=O) groups excluding carboxylic acids is 2. The van der Waals surface area contributed by atoms with Crippen molar-refractivity contribution >= 4 is 17.5 Å². The molecule has 0 aromatic heterocycles. The Morgan fingerprint density at radius 1 is 1.26 bits per heavy atom. The van der Waals surface area contributed by atoms with Gasteiger partial charge < -0.3 is 15.0 Å². The average molecular weight is 363 g/mol. The highest BCUT2D eigenvalue weighted by Gasteiger charge is 2.34. The minimum Gasteiger partial charge on any atom is -0.496 e. The Balaban J connectivity index is 1.55. The molecule has 1 aliphatic heterocycles. The van der Waals surface area contributed by atoms with Gasteiger partial charge in [-0.25, -0.2) is 0 Å². The molecule has 1 atom stereocenters. The van der Waals surface area contributed by atoms with Gasteiger partial charge in [0.15, 0.2) is 0 Å². The van der Waals surface area contributed by atoms with Crippen molar-refractivity contribution in [3.63, 3.8) is 0 Å². The van der Waals surface area contributed by atoms with Crippen LogP contribution in [0, 0.1) is 17.2 Å². The van der Waals surface area contributed by atoms with Crippen LogP contribution >= 0.6 is 0 Å². The molecule has 1 saturated heterocycles. The van der Waals surface area contributed by atoms with Crippen molar-refractivity contribution in [2.45, 2.75) is 12.8 Å². The Hall–Kier alpha value is -3.33. The summed E-state index contributed by atoms with van der Waals surface area (Å²) in [6, 6.07) is 16.6. The summed E-state index contributed by atoms with van der Waals surface area (Å²) in [4.78, 5) is 26.3. The van der Waals surface area contributed by atoms with Crippen LogP contribution in [0.25, 0.3) is 0 Å². The fraction of sp³-hybridized carbons (Fsp3) is 0.286. The van der Waals surface area contributed by atoms with Gasteiger partial charge in [-0.1, -0.05) is 18.2 Å². The molecule has 1 fully saturated rings. The zero-order valence-corrected chi connectivity index (χ0v) is 15.1. The lowest BCUT2D eigenvalue weighted by Crippen LogP contribution is -2.34. The maximum Gasteiger partial charge on any atom is 0.227 e. The molecule has 1 heterocycles. The van der Waals surface area contributed by atoms with Gasteiger partial charge in [0.1, 0.15) is 5.75 Å². The van der Waals surface area contributed by atoms with Crippen LogP contribution in [0.1, 0.15) is 17.5 Å². The number of benzene rings is 2. The number of nitriles is 1. The minimum absolute atomic E-state index is 0.0791. The van der Waals surface area contributed by atoms with Gasteiger partial charge in [-0.2, -0.15) is 5.26 Å². The van der Waals surface area contributed by atoms with E-state index in [0.717, 1.165) is 11.3 Å². The molecule has 0 radical (unpaired) electrons. The Bertz CT molecular complexity index is 871. The fourth-order valence-corrected chi connectivity index (χ4v) is 3.22. The summed E-state index contributed by atoms with van der Waals surface area (Å²) < 4.78 is 5.31. The highest BCUT2D eigenvalue weighted by atomic mass is 16.5. The van der Waals surface area contributed by atoms with E-state index in [1.807, 2.05) is 24.3 Å². The van der Waals surface area contributed by atoms with E-state index in [9.17, 15) is 9.59 Å². The number of nitrogens with zero attached hydrogens (tertiary/aromatic N) is 2. The highest BCUT2D eigenvalue weighted by Crippen LogP contribution is 2.25. The molecule has 1 unspecified atom stereocenters. The molecule has 0 bridgehead atoms. The van der Waals surface area contributed by atoms with E-state index in [1.54, 1.807) is 36.3 Å². The van der Waals surface area contributed by atoms with Crippen LogP contribution in [-0.2, 0) is 16.0 Å². The van der Waals surface area contributed by atoms with Gasteiger partial charge in [-0.15, -0.1) is 0 Å². The summed E-state index contributed by atoms with van der Waals surface area (Å²) in [6.45, 7) is 0.839. The van der Waals surface area contributed by atoms with E-state index >= 15 is 0 Å². The molecule has 1 aliphatic rings. The summed E-state index contributed by atoms with van der Waals surface area (Å²) in [5.41, 5.74) is 2.28. The van der Waals surface area contributed by atoms with E-state index in [2.05, 4.69) is 11.4 Å². The van der Waals surface area contributed by atoms with Gasteiger partial charge in [0.05, 0.1) is 24.7 Å². The van der Waals surface area contributed by atoms with Crippen molar-refractivity contribution in [3.05, 3.63) is 59.7 Å². The van der Waals surface area contributed by atoms with Gasteiger partial charge in [-0.05, 0) is 42.3 Å². The maximum absolute atomic E-state index is 12.4. The molecule has 1 N–H and O–H groups in total. The standard InChI is InChI=1S/C21H21N3O3/c1-27-19-5-3-2-4-16(19)10-11-23-21(26)17-12-20(25)24(14-17)18-8-6-15(13-22)7-9-18/h2-9,17H,10-12,14H2,1H3,(H,23,26). The van der Waals surface area contributed by atoms with Gasteiger partial charge in [0, 0.05) is 25.2 Å². The first-order chi connectivity index (χ1) is 13.1. The minimum atomic E-state index is -0.370. The van der Waals surface area contributed by atoms with Crippen molar-refractivity contribution in [2.24, 2.45) is 5.92 Å². The summed E-state index contributed by atoms with van der Waals surface area (Å²) in [5.74, 6) is 0.236. The largest absolute Gasteiger partial charge is 0.496 e. The zero-order valence-electron chi connectivity index (χ0n) is 15.1. The second-order valence-electron chi connectivity index (χ2n) is 6.42. The summed E-state index contributed by atoms with van der Waals surface area (Å²) in [6.07, 6.45) is 0.857. The molecule has 138 valence electrons. The Morgan fingerprint density at radius 2 is 2.00 bits per heavy atom. The lowest BCUT2D eigenvalue weighted by molar-refractivity contribution is -0.126. The number of hydrogen-bond donors (Lipinski definition) is 1. The molecule has 6 heteroatoms. The van der Waals surface area contributed by atoms with Crippen molar-refractivity contribution < 1.29 is 14.3 Å². The Kier molecular flexibility index (Phi) is 5.72. The topological polar surface area (TPSA) is 82.4 Å². The second kappa shape index (κ2) is 8.37. The molecule has 2 aromatic carbocycles. The van der Waals surface area contributed by atoms with Crippen LogP contribution < -0.4 is 15.0 Å². The van der Waals surface area contributed by atoms with Crippen LogP contribution in [-0.4, -0.2) is 32.0 Å². The number of rotatable bonds is 6. The quantitative estimate of drug-likeness (QED) is 0.854. The first kappa shape index (κ1) is 18.5. The normalized spacial score (nSPS) is 16.1. The van der Waals surface area contributed by atoms with E-state index in [-0.39, 0.29) is 24.2 Å². The maximum atomic E-state index is 12.4. The third-order valence-corrected chi connectivity index (χ3v) is 4.69. The van der Waals surface area contributed by atoms with Crippen LogP contribution in [0.15, 0.2) is 48.5 Å². The van der Waals surface area contributed by atoms with Crippen LogP contribution in [0.2, 0.25) is 0 Å². The highest BCUT2D eigenvalue weighted by molar-refractivity contribution is 6.00. The fourth-order valence-electron chi connectivity index (χ4n) is 3.22. The van der Waals surface area contributed by atoms with Crippen LogP contribution in [0.4, 0.5) is 5.69 Å².